The summed E-state index contributed by atoms with van der Waals surface area (Å²) in [6.45, 7) is 0. The van der Waals surface area contributed by atoms with Gasteiger partial charge in [0, 0.05) is 12.8 Å². The Balaban J connectivity index is 0.985. The Labute approximate surface area is 261 Å². The lowest BCUT2D eigenvalue weighted by Crippen LogP contribution is -2.15. The van der Waals surface area contributed by atoms with E-state index in [4.69, 9.17) is 20.9 Å². The van der Waals surface area contributed by atoms with Crippen LogP contribution < -0.4 is 22.6 Å². The summed E-state index contributed by atoms with van der Waals surface area (Å²) in [6, 6.07) is -0.844. The predicted octanol–water partition coefficient (Wildman–Crippen LogP) is 0.609. The normalized spacial score (nSPS) is 24.9. The summed E-state index contributed by atoms with van der Waals surface area (Å²) >= 11 is 0. The smallest absolute Gasteiger partial charge is 0.369 e. The Morgan fingerprint density at radius 2 is 1.15 bits per heavy atom. The van der Waals surface area contributed by atoms with Crippen LogP contribution in [0.5, 0.6) is 0 Å². The third kappa shape index (κ3) is 7.37. The number of nitrogens with two attached hydrogens (primary N) is 2. The largest absolute Gasteiger partial charge is 0.486 e. The van der Waals surface area contributed by atoms with Crippen LogP contribution in [0.2, 0.25) is 0 Å². The zero-order chi connectivity index (χ0) is 33.7. The summed E-state index contributed by atoms with van der Waals surface area (Å²) in [5, 5.41) is 0. The molecule has 6 atom stereocenters. The molecule has 6 rings (SSSR count). The van der Waals surface area contributed by atoms with Crippen LogP contribution in [-0.4, -0.2) is 78.6 Å². The highest BCUT2D eigenvalue weighted by molar-refractivity contribution is 7.69. The molecule has 0 radical (unpaired) electrons. The van der Waals surface area contributed by atoms with Gasteiger partial charge in [-0.15, -0.1) is 0 Å². The number of hydrogen-bond donors (Lipinski definition) is 7. The van der Waals surface area contributed by atoms with Gasteiger partial charge in [0.25, 0.3) is 11.1 Å². The number of nitrogens with one attached hydrogen (secondary N) is 2. The maximum Gasteiger partial charge on any atom is 0.486 e. The predicted molar refractivity (Wildman–Crippen MR) is 162 cm³/mol. The fourth-order valence-corrected chi connectivity index (χ4v) is 9.19. The minimum atomic E-state index is -5.59. The van der Waals surface area contributed by atoms with Crippen LogP contribution in [0.25, 0.3) is 22.3 Å². The molecule has 0 spiro atoms. The average Bonchev–Trinajstić information content (AvgIpc) is 3.75. The molecule has 0 aliphatic heterocycles. The first kappa shape index (κ1) is 33.1. The van der Waals surface area contributed by atoms with Crippen molar-refractivity contribution in [1.29, 1.82) is 0 Å². The van der Waals surface area contributed by atoms with E-state index in [9.17, 15) is 38.0 Å². The quantitative estimate of drug-likeness (QED) is 0.0779. The van der Waals surface area contributed by atoms with Crippen molar-refractivity contribution in [3.05, 3.63) is 57.7 Å². The second-order valence-electron chi connectivity index (χ2n) is 10.5. The van der Waals surface area contributed by atoms with Gasteiger partial charge in [-0.25, -0.2) is 23.2 Å². The fourth-order valence-electron chi connectivity index (χ4n) is 5.09. The number of ether oxygens (including phenoxy) is 2. The second kappa shape index (κ2) is 12.3. The van der Waals surface area contributed by atoms with Crippen LogP contribution in [-0.2, 0) is 31.8 Å². The van der Waals surface area contributed by atoms with E-state index in [0.717, 1.165) is 0 Å². The Bertz CT molecular complexity index is 2030. The molecule has 25 heteroatoms. The van der Waals surface area contributed by atoms with Crippen molar-refractivity contribution >= 4 is 57.2 Å². The average molecular weight is 716 g/mol. The maximum atomic E-state index is 12.5. The van der Waals surface area contributed by atoms with Gasteiger partial charge < -0.3 is 44.8 Å². The van der Waals surface area contributed by atoms with Crippen molar-refractivity contribution < 1.29 is 46.5 Å². The molecule has 0 fully saturated rings. The molecular formula is C22H27N10O12P3. The Morgan fingerprint density at radius 1 is 0.745 bits per heavy atom. The Kier molecular flexibility index (Phi) is 8.69. The molecule has 0 amide bonds. The Hall–Kier alpha value is -3.81. The van der Waals surface area contributed by atoms with E-state index in [1.807, 2.05) is 0 Å². The highest BCUT2D eigenvalue weighted by atomic mass is 31.3. The topological polar surface area (TPSA) is 328 Å². The molecule has 22 nitrogen and oxygen atoms in total. The van der Waals surface area contributed by atoms with Gasteiger partial charge in [-0.3, -0.25) is 28.7 Å². The first-order chi connectivity index (χ1) is 22.1. The summed E-state index contributed by atoms with van der Waals surface area (Å²) in [5.41, 5.74) is 10.7. The summed E-state index contributed by atoms with van der Waals surface area (Å²) in [6.07, 6.45) is 5.90. The van der Waals surface area contributed by atoms with Crippen LogP contribution in [0.4, 0.5) is 11.9 Å². The number of rotatable bonds is 12. The molecule has 2 aliphatic rings. The molecule has 252 valence electrons. The molecule has 2 aliphatic carbocycles. The molecule has 47 heavy (non-hydrogen) atoms. The second-order valence-corrected chi connectivity index (χ2v) is 15.8. The van der Waals surface area contributed by atoms with Gasteiger partial charge in [0.05, 0.1) is 36.9 Å². The van der Waals surface area contributed by atoms with Gasteiger partial charge in [-0.05, 0) is 0 Å². The van der Waals surface area contributed by atoms with E-state index >= 15 is 0 Å². The lowest BCUT2D eigenvalue weighted by atomic mass is 10.2. The van der Waals surface area contributed by atoms with Crippen LogP contribution in [0.1, 0.15) is 24.9 Å². The number of hydrogen-bond acceptors (Lipinski definition) is 15. The van der Waals surface area contributed by atoms with Gasteiger partial charge in [0.2, 0.25) is 11.9 Å². The van der Waals surface area contributed by atoms with Gasteiger partial charge in [-0.1, -0.05) is 24.3 Å². The molecule has 4 aromatic rings. The number of imidazole rings is 2. The Morgan fingerprint density at radius 3 is 1.55 bits per heavy atom. The van der Waals surface area contributed by atoms with E-state index in [1.54, 1.807) is 33.4 Å². The van der Waals surface area contributed by atoms with Gasteiger partial charge in [0.15, 0.2) is 22.3 Å². The highest BCUT2D eigenvalue weighted by Crippen LogP contribution is 2.67. The number of fused-ring (bicyclic) bond motifs is 2. The van der Waals surface area contributed by atoms with Crippen LogP contribution in [0, 0.1) is 0 Å². The number of aromatic nitrogens is 8. The summed E-state index contributed by atoms with van der Waals surface area (Å²) in [5.74, 6) is -0.224. The van der Waals surface area contributed by atoms with E-state index in [2.05, 4.69) is 38.5 Å². The third-order valence-electron chi connectivity index (χ3n) is 7.02. The molecule has 4 heterocycles. The highest BCUT2D eigenvalue weighted by Gasteiger charge is 2.41. The lowest BCUT2D eigenvalue weighted by Gasteiger charge is -2.21. The van der Waals surface area contributed by atoms with Crippen molar-refractivity contribution in [2.75, 3.05) is 24.2 Å². The summed E-state index contributed by atoms with van der Waals surface area (Å²) in [7, 11) is -15.6. The molecule has 0 saturated heterocycles. The molecule has 0 bridgehead atoms. The third-order valence-corrected chi connectivity index (χ3v) is 11.7. The molecule has 0 saturated carbocycles. The number of aromatic amines is 2. The number of anilines is 2. The minimum Gasteiger partial charge on any atom is -0.369 e. The van der Waals surface area contributed by atoms with Crippen molar-refractivity contribution in [1.82, 2.24) is 39.0 Å². The standard InChI is InChI=1S/C22H27N10O12P3/c23-21-27-17-15(19(33)29-21)25-7-31(17)11-1-3-13(5-11)41-9-45(35,36)43-47(39,40)44-46(37,38)10-42-14-4-2-12(6-14)32-8-26-16-18(32)28-22(24)30-20(16)34/h1-4,7-8,11-14H,5-6,9-10H2,(H,35,36)(H,37,38)(H,39,40)(H3,23,27,29,33)(H3,24,28,30,34)/t11-,12-,13+,14+/m0/s1. The van der Waals surface area contributed by atoms with Crippen molar-refractivity contribution in [2.45, 2.75) is 37.1 Å². The lowest BCUT2D eigenvalue weighted by molar-refractivity contribution is 0.0974. The molecule has 9 N–H and O–H groups in total. The summed E-state index contributed by atoms with van der Waals surface area (Å²) < 4.78 is 59.9. The van der Waals surface area contributed by atoms with Gasteiger partial charge in [0.1, 0.15) is 12.7 Å². The maximum absolute atomic E-state index is 12.5. The van der Waals surface area contributed by atoms with Crippen molar-refractivity contribution in [3.63, 3.8) is 0 Å². The van der Waals surface area contributed by atoms with E-state index in [0.29, 0.717) is 0 Å². The van der Waals surface area contributed by atoms with Crippen LogP contribution in [0.3, 0.4) is 0 Å². The number of nitrogens with zero attached hydrogens (tertiary/aromatic N) is 6. The number of allylic oxidation sites excluding steroid dienone is 2. The van der Waals surface area contributed by atoms with Crippen molar-refractivity contribution in [2.24, 2.45) is 0 Å². The zero-order valence-electron chi connectivity index (χ0n) is 23.8. The van der Waals surface area contributed by atoms with E-state index < -0.39 is 71.1 Å². The number of nitrogen functional groups attached to an aromatic ring is 2. The number of H-pyrrole nitrogens is 2. The van der Waals surface area contributed by atoms with Crippen LogP contribution >= 0.6 is 23.0 Å². The monoisotopic (exact) mass is 716 g/mol. The molecular weight excluding hydrogens is 689 g/mol. The van der Waals surface area contributed by atoms with E-state index in [-0.39, 0.29) is 47.1 Å². The molecule has 2 unspecified atom stereocenters. The van der Waals surface area contributed by atoms with Gasteiger partial charge in [-0.2, -0.15) is 9.97 Å². The first-order valence-electron chi connectivity index (χ1n) is 13.5. The molecule has 4 aromatic heterocycles. The van der Waals surface area contributed by atoms with E-state index in [1.165, 1.54) is 12.7 Å². The summed E-state index contributed by atoms with van der Waals surface area (Å²) in [4.78, 5) is 75.2. The zero-order valence-corrected chi connectivity index (χ0v) is 26.5. The fraction of sp³-hybridized carbons (Fsp3) is 0.364. The first-order valence-corrected chi connectivity index (χ1v) is 18.5. The molecule has 0 aromatic carbocycles. The SMILES string of the molecule is Nc1nc2c(ncn2[C@H]2C=C[C@@H](OCP(=O)(O)OP(=O)(O)OP(=O)(O)CO[C@@H]3C=C[C@H](n4cnc5c(=O)[nH]c(N)nc54)C3)C2)c(=O)[nH]1. The van der Waals surface area contributed by atoms with Gasteiger partial charge >= 0.3 is 23.0 Å². The van der Waals surface area contributed by atoms with Crippen LogP contribution in [0.15, 0.2) is 46.5 Å². The van der Waals surface area contributed by atoms with Crippen molar-refractivity contribution in [3.8, 4) is 0 Å². The minimum absolute atomic E-state index is 0.0602. The number of phosphoric acid groups is 1.